The van der Waals surface area contributed by atoms with Crippen molar-refractivity contribution < 1.29 is 13.2 Å². The third-order valence-corrected chi connectivity index (χ3v) is 3.68. The summed E-state index contributed by atoms with van der Waals surface area (Å²) in [5.74, 6) is 0.224. The van der Waals surface area contributed by atoms with Gasteiger partial charge in [-0.3, -0.25) is 4.79 Å². The highest BCUT2D eigenvalue weighted by molar-refractivity contribution is 7.87. The first-order valence-corrected chi connectivity index (χ1v) is 6.68. The van der Waals surface area contributed by atoms with Gasteiger partial charge < -0.3 is 0 Å². The normalized spacial score (nSPS) is 19.8. The van der Waals surface area contributed by atoms with E-state index < -0.39 is 10.2 Å². The highest BCUT2D eigenvalue weighted by Crippen LogP contribution is 2.15. The van der Waals surface area contributed by atoms with Crippen molar-refractivity contribution in [1.82, 2.24) is 9.44 Å². The summed E-state index contributed by atoms with van der Waals surface area (Å²) >= 11 is 0. The van der Waals surface area contributed by atoms with Crippen LogP contribution < -0.4 is 9.44 Å². The van der Waals surface area contributed by atoms with Crippen LogP contribution in [0, 0.1) is 0 Å². The van der Waals surface area contributed by atoms with Crippen molar-refractivity contribution in [1.29, 1.82) is 0 Å². The Morgan fingerprint density at radius 2 is 1.80 bits per heavy atom. The molecule has 1 aliphatic rings. The van der Waals surface area contributed by atoms with Crippen LogP contribution in [0.25, 0.3) is 0 Å². The van der Waals surface area contributed by atoms with Crippen LogP contribution in [0.5, 0.6) is 0 Å². The number of nitrogens with one attached hydrogen (secondary N) is 2. The quantitative estimate of drug-likeness (QED) is 0.736. The minimum atomic E-state index is -3.41. The molecule has 0 aromatic carbocycles. The second-order valence-electron chi connectivity index (χ2n) is 4.21. The third-order valence-electron chi connectivity index (χ3n) is 2.26. The molecule has 0 unspecified atom stereocenters. The summed E-state index contributed by atoms with van der Waals surface area (Å²) < 4.78 is 28.0. The molecule has 1 saturated carbocycles. The van der Waals surface area contributed by atoms with Gasteiger partial charge in [-0.25, -0.2) is 0 Å². The second kappa shape index (κ2) is 5.05. The second-order valence-corrected chi connectivity index (χ2v) is 5.69. The first-order chi connectivity index (χ1) is 6.89. The highest BCUT2D eigenvalue weighted by Gasteiger charge is 2.23. The molecule has 0 heterocycles. The summed E-state index contributed by atoms with van der Waals surface area (Å²) in [6, 6.07) is -0.216. The number of carbonyl (C=O) groups excluding carboxylic acids is 1. The zero-order valence-corrected chi connectivity index (χ0v) is 9.93. The van der Waals surface area contributed by atoms with Crippen molar-refractivity contribution in [3.8, 4) is 0 Å². The van der Waals surface area contributed by atoms with E-state index in [9.17, 15) is 13.2 Å². The van der Waals surface area contributed by atoms with E-state index in [1.165, 1.54) is 0 Å². The summed E-state index contributed by atoms with van der Waals surface area (Å²) in [5, 5.41) is 0. The third kappa shape index (κ3) is 4.72. The minimum Gasteiger partial charge on any atom is -0.300 e. The Bertz CT molecular complexity index is 314. The molecule has 0 atom stereocenters. The van der Waals surface area contributed by atoms with Gasteiger partial charge in [-0.2, -0.15) is 17.9 Å². The van der Waals surface area contributed by atoms with Crippen LogP contribution in [-0.2, 0) is 15.0 Å². The number of rotatable bonds is 4. The van der Waals surface area contributed by atoms with Crippen molar-refractivity contribution in [2.45, 2.75) is 51.6 Å². The molecule has 1 fully saturated rings. The van der Waals surface area contributed by atoms with Crippen molar-refractivity contribution in [3.05, 3.63) is 0 Å². The van der Waals surface area contributed by atoms with Gasteiger partial charge in [-0.15, -0.1) is 0 Å². The van der Waals surface area contributed by atoms with Gasteiger partial charge in [0, 0.05) is 24.9 Å². The van der Waals surface area contributed by atoms with Gasteiger partial charge >= 0.3 is 0 Å². The van der Waals surface area contributed by atoms with Gasteiger partial charge in [0.25, 0.3) is 10.2 Å². The van der Waals surface area contributed by atoms with Crippen LogP contribution in [0.1, 0.15) is 39.5 Å². The molecule has 5 nitrogen and oxygen atoms in total. The van der Waals surface area contributed by atoms with E-state index in [1.807, 2.05) is 0 Å². The molecule has 15 heavy (non-hydrogen) atoms. The minimum absolute atomic E-state index is 0.0982. The predicted molar refractivity (Wildman–Crippen MR) is 57.6 cm³/mol. The van der Waals surface area contributed by atoms with Gasteiger partial charge in [0.15, 0.2) is 0 Å². The topological polar surface area (TPSA) is 75.3 Å². The van der Waals surface area contributed by atoms with Crippen LogP contribution in [0.2, 0.25) is 0 Å². The standard InChI is InChI=1S/C9H18N2O3S/c1-7(2)10-15(13,14)11-8-3-5-9(12)6-4-8/h7-8,10-11H,3-6H2,1-2H3. The first-order valence-electron chi connectivity index (χ1n) is 5.20. The Morgan fingerprint density at radius 1 is 1.27 bits per heavy atom. The lowest BCUT2D eigenvalue weighted by molar-refractivity contribution is -0.120. The smallest absolute Gasteiger partial charge is 0.277 e. The first kappa shape index (κ1) is 12.6. The Hall–Kier alpha value is -0.460. The molecule has 6 heteroatoms. The summed E-state index contributed by atoms with van der Waals surface area (Å²) in [6.45, 7) is 3.53. The van der Waals surface area contributed by atoms with Crippen LogP contribution in [0.3, 0.4) is 0 Å². The van der Waals surface area contributed by atoms with E-state index >= 15 is 0 Å². The SMILES string of the molecule is CC(C)NS(=O)(=O)NC1CCC(=O)CC1. The molecular weight excluding hydrogens is 216 g/mol. The van der Waals surface area contributed by atoms with Crippen LogP contribution in [0.4, 0.5) is 0 Å². The average molecular weight is 234 g/mol. The molecule has 0 aromatic heterocycles. The van der Waals surface area contributed by atoms with E-state index in [-0.39, 0.29) is 17.9 Å². The van der Waals surface area contributed by atoms with Gasteiger partial charge in [-0.05, 0) is 26.7 Å². The van der Waals surface area contributed by atoms with Gasteiger partial charge in [0.1, 0.15) is 5.78 Å². The fraction of sp³-hybridized carbons (Fsp3) is 0.889. The van der Waals surface area contributed by atoms with Gasteiger partial charge in [0.2, 0.25) is 0 Å². The molecule has 0 saturated heterocycles. The van der Waals surface area contributed by atoms with Crippen molar-refractivity contribution >= 4 is 16.0 Å². The van der Waals surface area contributed by atoms with E-state index in [2.05, 4.69) is 9.44 Å². The molecule has 0 spiro atoms. The largest absolute Gasteiger partial charge is 0.300 e. The number of hydrogen-bond acceptors (Lipinski definition) is 3. The predicted octanol–water partition coefficient (Wildman–Crippen LogP) is 0.330. The maximum absolute atomic E-state index is 11.5. The Morgan fingerprint density at radius 3 is 2.27 bits per heavy atom. The lowest BCUT2D eigenvalue weighted by atomic mass is 9.95. The maximum atomic E-state index is 11.5. The van der Waals surface area contributed by atoms with E-state index in [0.29, 0.717) is 25.7 Å². The number of Topliss-reactive ketones (excluding diaryl/α,β-unsaturated/α-hetero) is 1. The summed E-state index contributed by atoms with van der Waals surface area (Å²) in [5.41, 5.74) is 0. The molecule has 1 rings (SSSR count). The highest BCUT2D eigenvalue weighted by atomic mass is 32.2. The fourth-order valence-corrected chi connectivity index (χ4v) is 2.98. The van der Waals surface area contributed by atoms with Crippen molar-refractivity contribution in [3.63, 3.8) is 0 Å². The average Bonchev–Trinajstić information content (AvgIpc) is 2.06. The summed E-state index contributed by atoms with van der Waals surface area (Å²) in [6.07, 6.45) is 2.18. The van der Waals surface area contributed by atoms with Crippen LogP contribution in [0.15, 0.2) is 0 Å². The molecule has 0 aliphatic heterocycles. The lowest BCUT2D eigenvalue weighted by Gasteiger charge is -2.22. The van der Waals surface area contributed by atoms with Crippen molar-refractivity contribution in [2.24, 2.45) is 0 Å². The molecule has 0 aromatic rings. The van der Waals surface area contributed by atoms with E-state index in [0.717, 1.165) is 0 Å². The monoisotopic (exact) mass is 234 g/mol. The summed E-state index contributed by atoms with van der Waals surface area (Å²) in [7, 11) is -3.41. The molecular formula is C9H18N2O3S. The molecule has 0 radical (unpaired) electrons. The zero-order valence-electron chi connectivity index (χ0n) is 9.12. The molecule has 0 amide bonds. The number of carbonyl (C=O) groups is 1. The Balaban J connectivity index is 2.44. The number of ketones is 1. The van der Waals surface area contributed by atoms with E-state index in [4.69, 9.17) is 0 Å². The van der Waals surface area contributed by atoms with Gasteiger partial charge in [-0.1, -0.05) is 0 Å². The van der Waals surface area contributed by atoms with Crippen LogP contribution in [-0.4, -0.2) is 26.3 Å². The number of hydrogen-bond donors (Lipinski definition) is 2. The van der Waals surface area contributed by atoms with Crippen LogP contribution >= 0.6 is 0 Å². The molecule has 2 N–H and O–H groups in total. The lowest BCUT2D eigenvalue weighted by Crippen LogP contribution is -2.46. The maximum Gasteiger partial charge on any atom is 0.277 e. The summed E-state index contributed by atoms with van der Waals surface area (Å²) in [4.78, 5) is 11.0. The zero-order chi connectivity index (χ0) is 11.5. The van der Waals surface area contributed by atoms with Gasteiger partial charge in [0.05, 0.1) is 0 Å². The van der Waals surface area contributed by atoms with Crippen molar-refractivity contribution in [2.75, 3.05) is 0 Å². The Kier molecular flexibility index (Phi) is 4.24. The molecule has 0 bridgehead atoms. The molecule has 88 valence electrons. The Labute approximate surface area is 90.8 Å². The van der Waals surface area contributed by atoms with E-state index in [1.54, 1.807) is 13.8 Å². The molecule has 1 aliphatic carbocycles. The fourth-order valence-electron chi connectivity index (χ4n) is 1.62.